The summed E-state index contributed by atoms with van der Waals surface area (Å²) in [6, 6.07) is 7.72. The van der Waals surface area contributed by atoms with Gasteiger partial charge in [-0.25, -0.2) is 13.1 Å². The van der Waals surface area contributed by atoms with E-state index in [1.807, 2.05) is 38.1 Å². The lowest BCUT2D eigenvalue weighted by atomic mass is 9.95. The van der Waals surface area contributed by atoms with Crippen molar-refractivity contribution in [2.75, 3.05) is 19.3 Å². The maximum atomic E-state index is 12.0. The molecule has 0 atom stereocenters. The van der Waals surface area contributed by atoms with Crippen molar-refractivity contribution >= 4 is 37.4 Å². The Labute approximate surface area is 140 Å². The first-order valence-corrected chi connectivity index (χ1v) is 9.36. The Morgan fingerprint density at radius 3 is 2.36 bits per heavy atom. The van der Waals surface area contributed by atoms with Crippen molar-refractivity contribution in [1.29, 1.82) is 0 Å². The van der Waals surface area contributed by atoms with E-state index in [-0.39, 0.29) is 24.1 Å². The smallest absolute Gasteiger partial charge is 0.244 e. The highest BCUT2D eigenvalue weighted by Crippen LogP contribution is 2.24. The van der Waals surface area contributed by atoms with Gasteiger partial charge in [-0.1, -0.05) is 41.9 Å². The lowest BCUT2D eigenvalue weighted by Crippen LogP contribution is -2.32. The van der Waals surface area contributed by atoms with Crippen molar-refractivity contribution < 1.29 is 13.2 Å². The summed E-state index contributed by atoms with van der Waals surface area (Å²) < 4.78 is 25.7. The predicted octanol–water partition coefficient (Wildman–Crippen LogP) is 2.15. The Balaban J connectivity index is 2.77. The van der Waals surface area contributed by atoms with Crippen molar-refractivity contribution in [2.45, 2.75) is 13.8 Å². The van der Waals surface area contributed by atoms with Gasteiger partial charge in [-0.15, -0.1) is 0 Å². The summed E-state index contributed by atoms with van der Waals surface area (Å²) in [4.78, 5) is 12.0. The summed E-state index contributed by atoms with van der Waals surface area (Å²) in [5, 5.41) is 2.60. The van der Waals surface area contributed by atoms with Gasteiger partial charge in [0.1, 0.15) is 0 Å². The average molecular weight is 389 g/mol. The molecular formula is C15H21BrN2O3S. The van der Waals surface area contributed by atoms with E-state index >= 15 is 0 Å². The van der Waals surface area contributed by atoms with Gasteiger partial charge in [0, 0.05) is 17.1 Å². The quantitative estimate of drug-likeness (QED) is 0.702. The van der Waals surface area contributed by atoms with Crippen LogP contribution in [0.15, 0.2) is 34.8 Å². The number of nitrogens with one attached hydrogen (secondary N) is 2. The number of rotatable bonds is 7. The highest BCUT2D eigenvalue weighted by atomic mass is 79.9. The molecule has 122 valence electrons. The van der Waals surface area contributed by atoms with Crippen LogP contribution in [-0.4, -0.2) is 33.7 Å². The maximum absolute atomic E-state index is 12.0. The molecule has 22 heavy (non-hydrogen) atoms. The van der Waals surface area contributed by atoms with E-state index in [9.17, 15) is 13.2 Å². The Bertz CT molecular complexity index is 637. The molecule has 0 saturated carbocycles. The minimum atomic E-state index is -3.31. The third-order valence-corrected chi connectivity index (χ3v) is 4.96. The summed E-state index contributed by atoms with van der Waals surface area (Å²) in [6.07, 6.45) is 1.53. The van der Waals surface area contributed by atoms with Crippen LogP contribution in [0, 0.1) is 5.92 Å². The van der Waals surface area contributed by atoms with E-state index in [4.69, 9.17) is 0 Å². The predicted molar refractivity (Wildman–Crippen MR) is 92.8 cm³/mol. The zero-order chi connectivity index (χ0) is 16.8. The molecule has 0 fully saturated rings. The molecule has 0 aliphatic carbocycles. The number of allylic oxidation sites excluding steroid dienone is 1. The van der Waals surface area contributed by atoms with E-state index < -0.39 is 10.0 Å². The van der Waals surface area contributed by atoms with Crippen LogP contribution in [0.5, 0.6) is 0 Å². The van der Waals surface area contributed by atoms with Crippen LogP contribution >= 0.6 is 15.9 Å². The van der Waals surface area contributed by atoms with Gasteiger partial charge in [0.15, 0.2) is 0 Å². The van der Waals surface area contributed by atoms with Gasteiger partial charge in [0.05, 0.1) is 5.75 Å². The summed E-state index contributed by atoms with van der Waals surface area (Å²) in [5.74, 6) is -0.260. The highest BCUT2D eigenvalue weighted by molar-refractivity contribution is 9.10. The SMILES string of the molecule is CNS(=O)(=O)CCNC(=O)/C=C(/c1ccc(Br)cc1)C(C)C. The Kier molecular flexibility index (Phi) is 7.25. The van der Waals surface area contributed by atoms with Gasteiger partial charge in [-0.3, -0.25) is 4.79 Å². The summed E-state index contributed by atoms with van der Waals surface area (Å²) in [7, 11) is -1.96. The van der Waals surface area contributed by atoms with Crippen LogP contribution in [-0.2, 0) is 14.8 Å². The topological polar surface area (TPSA) is 75.3 Å². The third-order valence-electron chi connectivity index (χ3n) is 3.07. The van der Waals surface area contributed by atoms with Crippen molar-refractivity contribution in [3.05, 3.63) is 40.4 Å². The molecular weight excluding hydrogens is 368 g/mol. The minimum Gasteiger partial charge on any atom is -0.351 e. The number of benzene rings is 1. The summed E-state index contributed by atoms with van der Waals surface area (Å²) in [6.45, 7) is 4.09. The van der Waals surface area contributed by atoms with Crippen LogP contribution in [0.25, 0.3) is 5.57 Å². The van der Waals surface area contributed by atoms with E-state index in [1.165, 1.54) is 13.1 Å². The van der Waals surface area contributed by atoms with Crippen molar-refractivity contribution in [3.8, 4) is 0 Å². The van der Waals surface area contributed by atoms with Crippen LogP contribution in [0.4, 0.5) is 0 Å². The molecule has 1 rings (SSSR count). The molecule has 0 spiro atoms. The Morgan fingerprint density at radius 2 is 1.86 bits per heavy atom. The number of amides is 1. The number of carbonyl (C=O) groups is 1. The number of hydrogen-bond donors (Lipinski definition) is 2. The molecule has 1 aromatic carbocycles. The molecule has 5 nitrogen and oxygen atoms in total. The monoisotopic (exact) mass is 388 g/mol. The largest absolute Gasteiger partial charge is 0.351 e. The fourth-order valence-electron chi connectivity index (χ4n) is 1.83. The number of hydrogen-bond acceptors (Lipinski definition) is 3. The van der Waals surface area contributed by atoms with Gasteiger partial charge in [-0.2, -0.15) is 0 Å². The van der Waals surface area contributed by atoms with Gasteiger partial charge in [0.25, 0.3) is 0 Å². The lowest BCUT2D eigenvalue weighted by Gasteiger charge is -2.12. The molecule has 0 radical (unpaired) electrons. The Morgan fingerprint density at radius 1 is 1.27 bits per heavy atom. The first-order chi connectivity index (χ1) is 10.2. The molecule has 2 N–H and O–H groups in total. The van der Waals surface area contributed by atoms with Crippen molar-refractivity contribution in [3.63, 3.8) is 0 Å². The van der Waals surface area contributed by atoms with Gasteiger partial charge in [-0.05, 0) is 36.2 Å². The van der Waals surface area contributed by atoms with Crippen LogP contribution < -0.4 is 10.0 Å². The van der Waals surface area contributed by atoms with E-state index in [0.717, 1.165) is 15.6 Å². The van der Waals surface area contributed by atoms with E-state index in [1.54, 1.807) is 0 Å². The third kappa shape index (κ3) is 6.29. The number of halogens is 1. The standard InChI is InChI=1S/C15H21BrN2O3S/c1-11(2)14(12-4-6-13(16)7-5-12)10-15(19)18-8-9-22(20,21)17-3/h4-7,10-11,17H,8-9H2,1-3H3,(H,18,19)/b14-10+. The molecule has 1 amide bonds. The van der Waals surface area contributed by atoms with Gasteiger partial charge in [0.2, 0.25) is 15.9 Å². The highest BCUT2D eigenvalue weighted by Gasteiger charge is 2.11. The molecule has 0 saturated heterocycles. The molecule has 0 aromatic heterocycles. The first kappa shape index (κ1) is 18.9. The number of sulfonamides is 1. The van der Waals surface area contributed by atoms with Crippen LogP contribution in [0.3, 0.4) is 0 Å². The second-order valence-electron chi connectivity index (χ2n) is 5.08. The maximum Gasteiger partial charge on any atom is 0.244 e. The molecule has 0 heterocycles. The fourth-order valence-corrected chi connectivity index (χ4v) is 2.67. The molecule has 0 aliphatic rings. The summed E-state index contributed by atoms with van der Waals surface area (Å²) in [5.41, 5.74) is 1.87. The minimum absolute atomic E-state index is 0.0736. The first-order valence-electron chi connectivity index (χ1n) is 6.91. The summed E-state index contributed by atoms with van der Waals surface area (Å²) >= 11 is 3.38. The second-order valence-corrected chi connectivity index (χ2v) is 8.04. The lowest BCUT2D eigenvalue weighted by molar-refractivity contribution is -0.116. The zero-order valence-corrected chi connectivity index (χ0v) is 15.3. The van der Waals surface area contributed by atoms with Crippen molar-refractivity contribution in [2.24, 2.45) is 5.92 Å². The van der Waals surface area contributed by atoms with Crippen molar-refractivity contribution in [1.82, 2.24) is 10.0 Å². The molecule has 0 unspecified atom stereocenters. The number of carbonyl (C=O) groups excluding carboxylic acids is 1. The molecule has 0 aliphatic heterocycles. The van der Waals surface area contributed by atoms with Gasteiger partial charge < -0.3 is 5.32 Å². The Hall–Kier alpha value is -1.18. The van der Waals surface area contributed by atoms with Gasteiger partial charge >= 0.3 is 0 Å². The van der Waals surface area contributed by atoms with E-state index in [2.05, 4.69) is 26.0 Å². The average Bonchev–Trinajstić information content (AvgIpc) is 2.45. The fraction of sp³-hybridized carbons (Fsp3) is 0.400. The van der Waals surface area contributed by atoms with E-state index in [0.29, 0.717) is 0 Å². The second kappa shape index (κ2) is 8.45. The van der Waals surface area contributed by atoms with Crippen LogP contribution in [0.2, 0.25) is 0 Å². The molecule has 0 bridgehead atoms. The zero-order valence-electron chi connectivity index (χ0n) is 12.9. The molecule has 7 heteroatoms. The molecule has 1 aromatic rings. The van der Waals surface area contributed by atoms with Crippen LogP contribution in [0.1, 0.15) is 19.4 Å². The normalized spacial score (nSPS) is 12.5.